The highest BCUT2D eigenvalue weighted by atomic mass is 19.1. The van der Waals surface area contributed by atoms with E-state index >= 15 is 8.78 Å². The van der Waals surface area contributed by atoms with E-state index < -0.39 is 23.6 Å². The van der Waals surface area contributed by atoms with E-state index in [0.29, 0.717) is 27.5 Å². The fourth-order valence-electron chi connectivity index (χ4n) is 4.89. The van der Waals surface area contributed by atoms with Crippen molar-refractivity contribution < 1.29 is 23.1 Å². The molecule has 2 aromatic heterocycles. The summed E-state index contributed by atoms with van der Waals surface area (Å²) in [5, 5.41) is 1.84. The number of para-hydroxylation sites is 3. The van der Waals surface area contributed by atoms with Crippen molar-refractivity contribution in [3.05, 3.63) is 120 Å². The molecule has 0 fully saturated rings. The number of rotatable bonds is 4. The molecular formula is C33H23F2N5O3. The Labute approximate surface area is 244 Å². The number of amides is 2. The van der Waals surface area contributed by atoms with Crippen molar-refractivity contribution in [2.24, 2.45) is 0 Å². The van der Waals surface area contributed by atoms with Crippen LogP contribution < -0.4 is 16.2 Å². The molecule has 0 atom stereocenters. The summed E-state index contributed by atoms with van der Waals surface area (Å²) >= 11 is 0. The van der Waals surface area contributed by atoms with Crippen LogP contribution in [0.4, 0.5) is 25.0 Å². The van der Waals surface area contributed by atoms with Gasteiger partial charge in [-0.15, -0.1) is 0 Å². The quantitative estimate of drug-likeness (QED) is 0.175. The fraction of sp³-hybridized carbons (Fsp3) is 0.0303. The number of nitrogen functional groups attached to an aromatic ring is 1. The molecule has 0 unspecified atom stereocenters. The summed E-state index contributed by atoms with van der Waals surface area (Å²) in [6.07, 6.45) is -0.821. The number of carbonyl (C=O) groups excluding carboxylic acids is 2. The van der Waals surface area contributed by atoms with Crippen LogP contribution >= 0.6 is 0 Å². The Morgan fingerprint density at radius 2 is 1.44 bits per heavy atom. The number of benzene rings is 4. The molecule has 10 heteroatoms. The van der Waals surface area contributed by atoms with Gasteiger partial charge in [-0.05, 0) is 42.5 Å². The van der Waals surface area contributed by atoms with E-state index in [9.17, 15) is 9.59 Å². The van der Waals surface area contributed by atoms with Gasteiger partial charge in [-0.3, -0.25) is 10.2 Å². The van der Waals surface area contributed by atoms with Crippen LogP contribution in [0.2, 0.25) is 0 Å². The van der Waals surface area contributed by atoms with Crippen LogP contribution in [0.15, 0.2) is 103 Å². The Balaban J connectivity index is 1.56. The zero-order valence-electron chi connectivity index (χ0n) is 22.7. The predicted octanol–water partition coefficient (Wildman–Crippen LogP) is 6.90. The third kappa shape index (κ3) is 4.95. The van der Waals surface area contributed by atoms with Crippen molar-refractivity contribution in [1.82, 2.24) is 15.4 Å². The number of carbonyl (C=O) groups is 2. The molecule has 0 bridgehead atoms. The van der Waals surface area contributed by atoms with E-state index in [1.165, 1.54) is 31.4 Å². The van der Waals surface area contributed by atoms with Gasteiger partial charge in [0.2, 0.25) is 0 Å². The lowest BCUT2D eigenvalue weighted by Gasteiger charge is -2.22. The lowest BCUT2D eigenvalue weighted by molar-refractivity contribution is 0.0942. The molecule has 0 radical (unpaired) electrons. The molecule has 0 saturated carbocycles. The Morgan fingerprint density at radius 3 is 2.16 bits per heavy atom. The van der Waals surface area contributed by atoms with Crippen molar-refractivity contribution in [3.63, 3.8) is 0 Å². The van der Waals surface area contributed by atoms with E-state index in [1.54, 1.807) is 78.9 Å². The number of nitrogens with zero attached hydrogens (tertiary/aromatic N) is 3. The second-order valence-corrected chi connectivity index (χ2v) is 9.53. The van der Waals surface area contributed by atoms with Gasteiger partial charge in [0.15, 0.2) is 11.6 Å². The van der Waals surface area contributed by atoms with Crippen molar-refractivity contribution in [3.8, 4) is 22.5 Å². The number of hydrazine groups is 1. The molecule has 212 valence electrons. The Morgan fingerprint density at radius 1 is 0.791 bits per heavy atom. The second kappa shape index (κ2) is 11.2. The van der Waals surface area contributed by atoms with Crippen molar-refractivity contribution in [2.75, 3.05) is 17.9 Å². The van der Waals surface area contributed by atoms with Crippen LogP contribution in [-0.4, -0.2) is 29.1 Å². The first kappa shape index (κ1) is 27.3. The van der Waals surface area contributed by atoms with Crippen LogP contribution in [0, 0.1) is 11.6 Å². The van der Waals surface area contributed by atoms with Crippen LogP contribution in [-0.2, 0) is 4.74 Å². The van der Waals surface area contributed by atoms with Crippen molar-refractivity contribution in [1.29, 1.82) is 0 Å². The van der Waals surface area contributed by atoms with Gasteiger partial charge >= 0.3 is 6.09 Å². The maximum atomic E-state index is 16.5. The summed E-state index contributed by atoms with van der Waals surface area (Å²) in [6, 6.07) is 27.8. The number of methoxy groups -OCH3 is 1. The normalized spacial score (nSPS) is 11.0. The highest BCUT2D eigenvalue weighted by molar-refractivity contribution is 6.10. The largest absolute Gasteiger partial charge is 0.451 e. The van der Waals surface area contributed by atoms with E-state index in [-0.39, 0.29) is 33.8 Å². The van der Waals surface area contributed by atoms with Gasteiger partial charge in [-0.1, -0.05) is 60.7 Å². The van der Waals surface area contributed by atoms with Crippen molar-refractivity contribution in [2.45, 2.75) is 0 Å². The van der Waals surface area contributed by atoms with E-state index in [4.69, 9.17) is 15.5 Å². The lowest BCUT2D eigenvalue weighted by atomic mass is 9.97. The maximum absolute atomic E-state index is 16.5. The zero-order valence-corrected chi connectivity index (χ0v) is 22.7. The van der Waals surface area contributed by atoms with E-state index in [1.807, 2.05) is 0 Å². The number of hydrogen-bond acceptors (Lipinski definition) is 6. The first-order valence-electron chi connectivity index (χ1n) is 13.1. The van der Waals surface area contributed by atoms with Crippen LogP contribution in [0.3, 0.4) is 0 Å². The number of fused-ring (bicyclic) bond motifs is 2. The first-order chi connectivity index (χ1) is 20.9. The van der Waals surface area contributed by atoms with Gasteiger partial charge in [0.05, 0.1) is 40.8 Å². The average Bonchev–Trinajstić information content (AvgIpc) is 3.04. The van der Waals surface area contributed by atoms with Crippen molar-refractivity contribution >= 4 is 45.2 Å². The molecule has 4 aromatic carbocycles. The molecule has 0 aliphatic heterocycles. The number of nitrogens with one attached hydrogen (secondary N) is 1. The number of hydrogen-bond donors (Lipinski definition) is 2. The molecule has 8 nitrogen and oxygen atoms in total. The number of ether oxygens (including phenoxy) is 1. The third-order valence-corrected chi connectivity index (χ3v) is 6.92. The number of nitrogens with two attached hydrogens (primary N) is 1. The van der Waals surface area contributed by atoms with E-state index in [0.717, 1.165) is 5.01 Å². The SMILES string of the molecule is COC(=O)N(NC(=O)c1cc(-c2c(F)c(-c3cccc(N)c3F)nc3ccccc23)nc2ccccc12)c1ccccc1. The standard InChI is InChI=1S/C33H23F2N5O3/c1-43-33(42)40(19-10-3-2-4-11-19)39-32(41)23-18-27(37-25-16-7-5-12-20(23)25)28-21-13-6-8-17-26(21)38-31(30(28)35)22-14-9-15-24(36)29(22)34/h2-18H,36H2,1H3,(H,39,41). The molecule has 3 N–H and O–H groups in total. The summed E-state index contributed by atoms with van der Waals surface area (Å²) < 4.78 is 36.5. The van der Waals surface area contributed by atoms with Crippen LogP contribution in [0.25, 0.3) is 44.3 Å². The number of aromatic nitrogens is 2. The number of halogens is 2. The maximum Gasteiger partial charge on any atom is 0.433 e. The molecule has 2 amide bonds. The molecule has 0 spiro atoms. The topological polar surface area (TPSA) is 110 Å². The predicted molar refractivity (Wildman–Crippen MR) is 161 cm³/mol. The second-order valence-electron chi connectivity index (χ2n) is 9.53. The molecule has 43 heavy (non-hydrogen) atoms. The monoisotopic (exact) mass is 575 g/mol. The lowest BCUT2D eigenvalue weighted by Crippen LogP contribution is -2.46. The van der Waals surface area contributed by atoms with Gasteiger partial charge in [-0.2, -0.15) is 5.01 Å². The zero-order chi connectivity index (χ0) is 30.1. The Bertz CT molecular complexity index is 2040. The highest BCUT2D eigenvalue weighted by Crippen LogP contribution is 2.38. The van der Waals surface area contributed by atoms with Gasteiger partial charge in [-0.25, -0.2) is 23.5 Å². The third-order valence-electron chi connectivity index (χ3n) is 6.92. The minimum atomic E-state index is -0.835. The van der Waals surface area contributed by atoms with E-state index in [2.05, 4.69) is 10.4 Å². The Kier molecular flexibility index (Phi) is 7.09. The molecule has 0 aliphatic rings. The molecular weight excluding hydrogens is 552 g/mol. The summed E-state index contributed by atoms with van der Waals surface area (Å²) in [4.78, 5) is 35.5. The highest BCUT2D eigenvalue weighted by Gasteiger charge is 2.25. The first-order valence-corrected chi connectivity index (χ1v) is 13.1. The average molecular weight is 576 g/mol. The smallest absolute Gasteiger partial charge is 0.433 e. The molecule has 6 aromatic rings. The number of pyridine rings is 2. The fourth-order valence-corrected chi connectivity index (χ4v) is 4.89. The molecule has 0 saturated heterocycles. The number of anilines is 2. The van der Waals surface area contributed by atoms with Gasteiger partial charge in [0.1, 0.15) is 5.69 Å². The molecule has 6 rings (SSSR count). The van der Waals surface area contributed by atoms with Crippen LogP contribution in [0.5, 0.6) is 0 Å². The summed E-state index contributed by atoms with van der Waals surface area (Å²) in [6.45, 7) is 0. The summed E-state index contributed by atoms with van der Waals surface area (Å²) in [7, 11) is 1.20. The molecule has 0 aliphatic carbocycles. The summed E-state index contributed by atoms with van der Waals surface area (Å²) in [5.74, 6) is -2.31. The summed E-state index contributed by atoms with van der Waals surface area (Å²) in [5.41, 5.74) is 9.25. The molecule has 2 heterocycles. The minimum absolute atomic E-state index is 0.0233. The minimum Gasteiger partial charge on any atom is -0.451 e. The van der Waals surface area contributed by atoms with Gasteiger partial charge in [0, 0.05) is 21.9 Å². The Hall–Kier alpha value is -5.90. The van der Waals surface area contributed by atoms with Gasteiger partial charge < -0.3 is 10.5 Å². The van der Waals surface area contributed by atoms with Crippen LogP contribution in [0.1, 0.15) is 10.4 Å². The van der Waals surface area contributed by atoms with Gasteiger partial charge in [0.25, 0.3) is 5.91 Å².